The van der Waals surface area contributed by atoms with E-state index in [-0.39, 0.29) is 11.9 Å². The Labute approximate surface area is 109 Å². The molecule has 1 saturated carbocycles. The average Bonchev–Trinajstić information content (AvgIpc) is 3.13. The van der Waals surface area contributed by atoms with Crippen molar-refractivity contribution in [3.8, 4) is 0 Å². The molecule has 2 atom stereocenters. The van der Waals surface area contributed by atoms with E-state index in [0.717, 1.165) is 13.1 Å². The lowest BCUT2D eigenvalue weighted by atomic mass is 10.2. The largest absolute Gasteiger partial charge is 0.352 e. The minimum atomic E-state index is 0.0448. The van der Waals surface area contributed by atoms with Gasteiger partial charge in [0.05, 0.1) is 6.04 Å². The molecule has 98 valence electrons. The molecule has 1 aliphatic heterocycles. The first-order valence-corrected chi connectivity index (χ1v) is 8.06. The zero-order valence-electron chi connectivity index (χ0n) is 10.9. The molecule has 2 fully saturated rings. The number of nitrogens with zero attached hydrogens (tertiary/aromatic N) is 1. The standard InChI is InChI=1S/C13H24N2OS/c1-10(13(16)14-11-6-7-11)15-8-4-3-5-12(9-15)17-2/h10-12H,3-9H2,1-2H3,(H,14,16)/t10-,12-/m0/s1. The number of carbonyl (C=O) groups excluding carboxylic acids is 1. The van der Waals surface area contributed by atoms with Crippen LogP contribution in [-0.2, 0) is 4.79 Å². The van der Waals surface area contributed by atoms with Crippen LogP contribution in [-0.4, -0.2) is 47.5 Å². The van der Waals surface area contributed by atoms with Gasteiger partial charge in [-0.3, -0.25) is 9.69 Å². The van der Waals surface area contributed by atoms with Gasteiger partial charge >= 0.3 is 0 Å². The van der Waals surface area contributed by atoms with Gasteiger partial charge in [0.15, 0.2) is 0 Å². The van der Waals surface area contributed by atoms with Crippen LogP contribution in [0.25, 0.3) is 0 Å². The van der Waals surface area contributed by atoms with E-state index in [2.05, 4.69) is 23.4 Å². The van der Waals surface area contributed by atoms with Crippen LogP contribution in [0.15, 0.2) is 0 Å². The summed E-state index contributed by atoms with van der Waals surface area (Å²) in [5.41, 5.74) is 0. The van der Waals surface area contributed by atoms with E-state index in [1.807, 2.05) is 11.8 Å². The minimum Gasteiger partial charge on any atom is -0.352 e. The summed E-state index contributed by atoms with van der Waals surface area (Å²) in [6.45, 7) is 4.21. The van der Waals surface area contributed by atoms with Crippen molar-refractivity contribution in [3.63, 3.8) is 0 Å². The van der Waals surface area contributed by atoms with Crippen LogP contribution in [0.3, 0.4) is 0 Å². The van der Waals surface area contributed by atoms with E-state index in [1.54, 1.807) is 0 Å². The maximum atomic E-state index is 12.0. The molecule has 1 heterocycles. The van der Waals surface area contributed by atoms with Crippen molar-refractivity contribution < 1.29 is 4.79 Å². The van der Waals surface area contributed by atoms with E-state index in [9.17, 15) is 4.79 Å². The predicted octanol–water partition coefficient (Wildman–Crippen LogP) is 1.87. The molecule has 1 amide bonds. The summed E-state index contributed by atoms with van der Waals surface area (Å²) >= 11 is 1.94. The Balaban J connectivity index is 1.86. The van der Waals surface area contributed by atoms with Crippen LogP contribution in [0, 0.1) is 0 Å². The third-order valence-corrected chi connectivity index (χ3v) is 4.90. The highest BCUT2D eigenvalue weighted by Gasteiger charge is 2.29. The van der Waals surface area contributed by atoms with E-state index in [4.69, 9.17) is 0 Å². The number of likely N-dealkylation sites (tertiary alicyclic amines) is 1. The summed E-state index contributed by atoms with van der Waals surface area (Å²) in [6.07, 6.45) is 8.37. The zero-order chi connectivity index (χ0) is 12.3. The Hall–Kier alpha value is -0.220. The van der Waals surface area contributed by atoms with E-state index >= 15 is 0 Å². The van der Waals surface area contributed by atoms with Crippen molar-refractivity contribution in [1.82, 2.24) is 10.2 Å². The number of carbonyl (C=O) groups is 1. The molecule has 0 aromatic heterocycles. The SMILES string of the molecule is CS[C@H]1CCCCN([C@@H](C)C(=O)NC2CC2)C1. The maximum absolute atomic E-state index is 12.0. The number of nitrogens with one attached hydrogen (secondary N) is 1. The van der Waals surface area contributed by atoms with Gasteiger partial charge in [0.25, 0.3) is 0 Å². The second kappa shape index (κ2) is 6.10. The summed E-state index contributed by atoms with van der Waals surface area (Å²) in [7, 11) is 0. The van der Waals surface area contributed by atoms with Crippen LogP contribution in [0.5, 0.6) is 0 Å². The Morgan fingerprint density at radius 3 is 2.76 bits per heavy atom. The molecule has 0 aromatic rings. The van der Waals surface area contributed by atoms with Crippen molar-refractivity contribution in [2.75, 3.05) is 19.3 Å². The van der Waals surface area contributed by atoms with Crippen molar-refractivity contribution in [3.05, 3.63) is 0 Å². The minimum absolute atomic E-state index is 0.0448. The van der Waals surface area contributed by atoms with Gasteiger partial charge in [0.1, 0.15) is 0 Å². The van der Waals surface area contributed by atoms with Crippen LogP contribution in [0.2, 0.25) is 0 Å². The monoisotopic (exact) mass is 256 g/mol. The van der Waals surface area contributed by atoms with Crippen molar-refractivity contribution in [2.24, 2.45) is 0 Å². The average molecular weight is 256 g/mol. The molecule has 1 aliphatic carbocycles. The maximum Gasteiger partial charge on any atom is 0.237 e. The molecular formula is C13H24N2OS. The van der Waals surface area contributed by atoms with Crippen molar-refractivity contribution in [1.29, 1.82) is 0 Å². The fourth-order valence-electron chi connectivity index (χ4n) is 2.39. The number of rotatable bonds is 4. The van der Waals surface area contributed by atoms with Gasteiger partial charge in [-0.1, -0.05) is 6.42 Å². The third-order valence-electron chi connectivity index (χ3n) is 3.84. The quantitative estimate of drug-likeness (QED) is 0.833. The highest BCUT2D eigenvalue weighted by Crippen LogP contribution is 2.22. The molecule has 17 heavy (non-hydrogen) atoms. The third kappa shape index (κ3) is 3.88. The first-order valence-electron chi connectivity index (χ1n) is 6.78. The molecule has 4 heteroatoms. The molecule has 0 unspecified atom stereocenters. The second-order valence-corrected chi connectivity index (χ2v) is 6.45. The van der Waals surface area contributed by atoms with Crippen LogP contribution in [0.1, 0.15) is 39.0 Å². The normalized spacial score (nSPS) is 28.5. The fourth-order valence-corrected chi connectivity index (χ4v) is 3.13. The lowest BCUT2D eigenvalue weighted by Crippen LogP contribution is -2.47. The van der Waals surface area contributed by atoms with E-state index < -0.39 is 0 Å². The Morgan fingerprint density at radius 1 is 1.35 bits per heavy atom. The molecule has 1 N–H and O–H groups in total. The highest BCUT2D eigenvalue weighted by molar-refractivity contribution is 7.99. The van der Waals surface area contributed by atoms with E-state index in [1.165, 1.54) is 32.1 Å². The Kier molecular flexibility index (Phi) is 4.74. The molecule has 2 aliphatic rings. The molecule has 2 rings (SSSR count). The van der Waals surface area contributed by atoms with Crippen LogP contribution < -0.4 is 5.32 Å². The van der Waals surface area contributed by atoms with E-state index in [0.29, 0.717) is 11.3 Å². The fraction of sp³-hybridized carbons (Fsp3) is 0.923. The van der Waals surface area contributed by atoms with Gasteiger partial charge in [0.2, 0.25) is 5.91 Å². The van der Waals surface area contributed by atoms with Crippen molar-refractivity contribution in [2.45, 2.75) is 56.4 Å². The summed E-state index contributed by atoms with van der Waals surface area (Å²) in [5, 5.41) is 3.82. The van der Waals surface area contributed by atoms with Crippen molar-refractivity contribution >= 4 is 17.7 Å². The number of hydrogen-bond acceptors (Lipinski definition) is 3. The molecule has 0 aromatic carbocycles. The first kappa shape index (κ1) is 13.2. The van der Waals surface area contributed by atoms with Gasteiger partial charge in [-0.25, -0.2) is 0 Å². The molecule has 0 radical (unpaired) electrons. The Morgan fingerprint density at radius 2 is 2.12 bits per heavy atom. The summed E-state index contributed by atoms with van der Waals surface area (Å²) in [5.74, 6) is 0.231. The first-order chi connectivity index (χ1) is 8.20. The lowest BCUT2D eigenvalue weighted by Gasteiger charge is -2.28. The van der Waals surface area contributed by atoms with Gasteiger partial charge in [-0.15, -0.1) is 0 Å². The molecule has 0 spiro atoms. The molecule has 3 nitrogen and oxygen atoms in total. The van der Waals surface area contributed by atoms with Crippen LogP contribution >= 0.6 is 11.8 Å². The number of amides is 1. The van der Waals surface area contributed by atoms with Crippen LogP contribution in [0.4, 0.5) is 0 Å². The number of thioether (sulfide) groups is 1. The zero-order valence-corrected chi connectivity index (χ0v) is 11.8. The summed E-state index contributed by atoms with van der Waals surface area (Å²) in [6, 6.07) is 0.525. The lowest BCUT2D eigenvalue weighted by molar-refractivity contribution is -0.126. The Bertz CT molecular complexity index is 268. The molecular weight excluding hydrogens is 232 g/mol. The molecule has 1 saturated heterocycles. The summed E-state index contributed by atoms with van der Waals surface area (Å²) in [4.78, 5) is 14.4. The predicted molar refractivity (Wildman–Crippen MR) is 73.4 cm³/mol. The smallest absolute Gasteiger partial charge is 0.237 e. The van der Waals surface area contributed by atoms with Gasteiger partial charge < -0.3 is 5.32 Å². The van der Waals surface area contributed by atoms with Gasteiger partial charge in [0, 0.05) is 17.8 Å². The second-order valence-electron chi connectivity index (χ2n) is 5.31. The topological polar surface area (TPSA) is 32.3 Å². The number of hydrogen-bond donors (Lipinski definition) is 1. The summed E-state index contributed by atoms with van der Waals surface area (Å²) < 4.78 is 0. The molecule has 0 bridgehead atoms. The van der Waals surface area contributed by atoms with Gasteiger partial charge in [-0.05, 0) is 45.4 Å². The van der Waals surface area contributed by atoms with Gasteiger partial charge in [-0.2, -0.15) is 11.8 Å². The highest BCUT2D eigenvalue weighted by atomic mass is 32.2.